The summed E-state index contributed by atoms with van der Waals surface area (Å²) in [7, 11) is -2.78. The van der Waals surface area contributed by atoms with Crippen LogP contribution in [0.2, 0.25) is 5.15 Å². The van der Waals surface area contributed by atoms with E-state index in [1.807, 2.05) is 26.8 Å². The number of fused-ring (bicyclic) bond motifs is 2. The molecule has 1 saturated heterocycles. The number of aromatic amines is 1. The maximum Gasteiger partial charge on any atom is 0.410 e. The van der Waals surface area contributed by atoms with Crippen molar-refractivity contribution in [1.82, 2.24) is 24.3 Å². The normalized spacial score (nSPS) is 16.4. The lowest BCUT2D eigenvalue weighted by Crippen LogP contribution is -2.47. The van der Waals surface area contributed by atoms with Gasteiger partial charge in [-0.2, -0.15) is 5.26 Å². The fraction of sp³-hybridized carbons (Fsp3) is 0.407. The van der Waals surface area contributed by atoms with E-state index in [1.165, 1.54) is 0 Å². The molecule has 39 heavy (non-hydrogen) atoms. The third kappa shape index (κ3) is 5.21. The van der Waals surface area contributed by atoms with Gasteiger partial charge in [0.2, 0.25) is 0 Å². The topological polar surface area (TPSA) is 128 Å². The van der Waals surface area contributed by atoms with Crippen molar-refractivity contribution in [3.63, 3.8) is 0 Å². The summed E-state index contributed by atoms with van der Waals surface area (Å²) in [6.07, 6.45) is 6.53. The molecule has 0 radical (unpaired) electrons. The molecular weight excluding hydrogens is 537 g/mol. The second-order valence-corrected chi connectivity index (χ2v) is 14.7. The Morgan fingerprint density at radius 2 is 2.10 bits per heavy atom. The molecule has 1 aliphatic rings. The number of rotatable bonds is 4. The number of nitrogens with zero attached hydrogens (tertiary/aromatic N) is 5. The SMILES string of the molecule is CC(C)(C)OC(=O)N1CCC[C@H](Nc2nc(-c3c[nH]c4c(P(C)(C)=O)c(C#N)ccc34)c(Cl)n3ccnc23)C1. The van der Waals surface area contributed by atoms with Crippen LogP contribution in [0, 0.1) is 11.3 Å². The second kappa shape index (κ2) is 9.89. The number of likely N-dealkylation sites (tertiary alicyclic amines) is 1. The van der Waals surface area contributed by atoms with E-state index in [1.54, 1.807) is 47.3 Å². The summed E-state index contributed by atoms with van der Waals surface area (Å²) < 4.78 is 20.5. The highest BCUT2D eigenvalue weighted by Gasteiger charge is 2.29. The van der Waals surface area contributed by atoms with Crippen LogP contribution in [0.15, 0.2) is 30.7 Å². The summed E-state index contributed by atoms with van der Waals surface area (Å²) in [5.41, 5.74) is 2.23. The van der Waals surface area contributed by atoms with E-state index < -0.39 is 12.7 Å². The largest absolute Gasteiger partial charge is 0.444 e. The van der Waals surface area contributed by atoms with Gasteiger partial charge in [0.1, 0.15) is 23.6 Å². The molecule has 0 bridgehead atoms. The number of nitriles is 1. The zero-order valence-corrected chi connectivity index (χ0v) is 24.2. The van der Waals surface area contributed by atoms with Crippen molar-refractivity contribution in [2.24, 2.45) is 0 Å². The van der Waals surface area contributed by atoms with Gasteiger partial charge in [0.15, 0.2) is 11.5 Å². The van der Waals surface area contributed by atoms with E-state index in [9.17, 15) is 14.6 Å². The van der Waals surface area contributed by atoms with Gasteiger partial charge in [-0.05, 0) is 53.0 Å². The maximum absolute atomic E-state index is 13.1. The molecule has 3 aromatic heterocycles. The third-order valence-electron chi connectivity index (χ3n) is 6.64. The molecule has 1 atom stereocenters. The molecule has 1 fully saturated rings. The molecule has 0 unspecified atom stereocenters. The Bertz CT molecular complexity index is 1670. The number of benzene rings is 1. The zero-order valence-electron chi connectivity index (χ0n) is 22.6. The first-order valence-electron chi connectivity index (χ1n) is 12.7. The molecule has 1 amide bonds. The van der Waals surface area contributed by atoms with Gasteiger partial charge in [-0.25, -0.2) is 14.8 Å². The number of imidazole rings is 1. The summed E-state index contributed by atoms with van der Waals surface area (Å²) in [6, 6.07) is 5.60. The second-order valence-electron chi connectivity index (χ2n) is 11.2. The molecule has 0 saturated carbocycles. The molecule has 12 heteroatoms. The van der Waals surface area contributed by atoms with Crippen molar-refractivity contribution < 1.29 is 14.1 Å². The first-order chi connectivity index (χ1) is 18.4. The van der Waals surface area contributed by atoms with Crippen LogP contribution < -0.4 is 10.6 Å². The summed E-state index contributed by atoms with van der Waals surface area (Å²) in [5, 5.41) is 14.8. The van der Waals surface area contributed by atoms with Crippen molar-refractivity contribution in [3.8, 4) is 17.3 Å². The molecule has 4 heterocycles. The Balaban J connectivity index is 1.54. The number of H-pyrrole nitrogens is 1. The molecule has 1 aromatic carbocycles. The third-order valence-corrected chi connectivity index (χ3v) is 8.54. The minimum Gasteiger partial charge on any atom is -0.444 e. The number of hydrogen-bond acceptors (Lipinski definition) is 7. The molecular formula is C27H31ClN7O3P. The van der Waals surface area contributed by atoms with E-state index in [0.29, 0.717) is 57.3 Å². The van der Waals surface area contributed by atoms with E-state index in [0.717, 1.165) is 18.2 Å². The first kappa shape index (κ1) is 27.0. The van der Waals surface area contributed by atoms with Crippen molar-refractivity contribution in [2.45, 2.75) is 45.3 Å². The molecule has 2 N–H and O–H groups in total. The van der Waals surface area contributed by atoms with Gasteiger partial charge in [0.25, 0.3) is 0 Å². The summed E-state index contributed by atoms with van der Waals surface area (Å²) in [6.45, 7) is 9.97. The number of aromatic nitrogens is 4. The van der Waals surface area contributed by atoms with Crippen molar-refractivity contribution >= 4 is 52.5 Å². The van der Waals surface area contributed by atoms with E-state index in [-0.39, 0.29) is 12.1 Å². The molecule has 204 valence electrons. The fourth-order valence-corrected chi connectivity index (χ4v) is 6.75. The highest BCUT2D eigenvalue weighted by Crippen LogP contribution is 2.42. The van der Waals surface area contributed by atoms with Crippen LogP contribution in [0.3, 0.4) is 0 Å². The van der Waals surface area contributed by atoms with Crippen LogP contribution in [0.4, 0.5) is 10.6 Å². The van der Waals surface area contributed by atoms with E-state index in [4.69, 9.17) is 21.3 Å². The van der Waals surface area contributed by atoms with Gasteiger partial charge < -0.3 is 24.5 Å². The van der Waals surface area contributed by atoms with Crippen molar-refractivity contribution in [2.75, 3.05) is 31.7 Å². The van der Waals surface area contributed by atoms with Gasteiger partial charge in [-0.1, -0.05) is 17.7 Å². The molecule has 5 rings (SSSR count). The van der Waals surface area contributed by atoms with Gasteiger partial charge in [0, 0.05) is 48.7 Å². The van der Waals surface area contributed by atoms with E-state index >= 15 is 0 Å². The van der Waals surface area contributed by atoms with Crippen LogP contribution in [0.25, 0.3) is 27.8 Å². The van der Waals surface area contributed by atoms with Crippen LogP contribution in [-0.4, -0.2) is 68.4 Å². The van der Waals surface area contributed by atoms with Crippen LogP contribution in [-0.2, 0) is 9.30 Å². The number of ether oxygens (including phenoxy) is 1. The lowest BCUT2D eigenvalue weighted by Gasteiger charge is -2.34. The van der Waals surface area contributed by atoms with Crippen LogP contribution in [0.1, 0.15) is 39.2 Å². The smallest absolute Gasteiger partial charge is 0.410 e. The number of hydrogen-bond donors (Lipinski definition) is 2. The summed E-state index contributed by atoms with van der Waals surface area (Å²) in [4.78, 5) is 27.0. The van der Waals surface area contributed by atoms with Gasteiger partial charge >= 0.3 is 6.09 Å². The van der Waals surface area contributed by atoms with Crippen molar-refractivity contribution in [3.05, 3.63) is 41.4 Å². The predicted molar refractivity (Wildman–Crippen MR) is 154 cm³/mol. The van der Waals surface area contributed by atoms with Gasteiger partial charge in [-0.15, -0.1) is 0 Å². The summed E-state index contributed by atoms with van der Waals surface area (Å²) >= 11 is 6.85. The van der Waals surface area contributed by atoms with Crippen molar-refractivity contribution in [1.29, 1.82) is 5.26 Å². The van der Waals surface area contributed by atoms with Crippen LogP contribution in [0.5, 0.6) is 0 Å². The summed E-state index contributed by atoms with van der Waals surface area (Å²) in [5.74, 6) is 0.537. The number of nitrogens with one attached hydrogen (secondary N) is 2. The average Bonchev–Trinajstić information content (AvgIpc) is 3.51. The van der Waals surface area contributed by atoms with Gasteiger partial charge in [0.05, 0.1) is 22.5 Å². The molecule has 1 aliphatic heterocycles. The van der Waals surface area contributed by atoms with E-state index in [2.05, 4.69) is 21.4 Å². The number of anilines is 1. The number of amides is 1. The zero-order chi connectivity index (χ0) is 28.1. The number of carbonyl (C=O) groups is 1. The lowest BCUT2D eigenvalue weighted by atomic mass is 10.1. The number of carbonyl (C=O) groups excluding carboxylic acids is 1. The standard InChI is InChI=1S/C27H31ClN7O3P/c1-27(2,3)38-26(36)34-11-6-7-17(15-34)32-24-25-30-10-12-35(25)23(28)21(33-24)19-14-31-20-18(19)9-8-16(13-29)22(20)39(4,5)37/h8-10,12,14,17,31H,6-7,11,15H2,1-5H3,(H,32,33)/t17-/m0/s1. The Labute approximate surface area is 231 Å². The average molecular weight is 568 g/mol. The highest BCUT2D eigenvalue weighted by molar-refractivity contribution is 7.70. The minimum absolute atomic E-state index is 0.0629. The Morgan fingerprint density at radius 3 is 2.79 bits per heavy atom. The predicted octanol–water partition coefficient (Wildman–Crippen LogP) is 5.46. The quantitative estimate of drug-likeness (QED) is 0.313. The highest BCUT2D eigenvalue weighted by atomic mass is 35.5. The Hall–Kier alpha value is -3.54. The first-order valence-corrected chi connectivity index (χ1v) is 15.7. The number of piperidine rings is 1. The fourth-order valence-electron chi connectivity index (χ4n) is 5.04. The minimum atomic E-state index is -2.78. The monoisotopic (exact) mass is 567 g/mol. The molecule has 4 aromatic rings. The Kier molecular flexibility index (Phi) is 6.86. The van der Waals surface area contributed by atoms with Crippen LogP contribution >= 0.6 is 18.7 Å². The molecule has 10 nitrogen and oxygen atoms in total. The lowest BCUT2D eigenvalue weighted by molar-refractivity contribution is 0.0206. The maximum atomic E-state index is 13.1. The van der Waals surface area contributed by atoms with Gasteiger partial charge in [-0.3, -0.25) is 4.40 Å². The number of halogens is 1. The molecule has 0 spiro atoms. The molecule has 0 aliphatic carbocycles. The Morgan fingerprint density at radius 1 is 1.33 bits per heavy atom.